The van der Waals surface area contributed by atoms with Gasteiger partial charge in [0.15, 0.2) is 5.60 Å². The molecule has 3 fully saturated rings. The van der Waals surface area contributed by atoms with E-state index >= 15 is 0 Å². The maximum Gasteiger partial charge on any atom is 0.343 e. The Morgan fingerprint density at radius 3 is 2.78 bits per heavy atom. The Morgan fingerprint density at radius 1 is 1.44 bits per heavy atom. The number of ketones is 1. The van der Waals surface area contributed by atoms with Crippen molar-refractivity contribution in [3.05, 3.63) is 24.0 Å². The summed E-state index contributed by atoms with van der Waals surface area (Å²) >= 11 is 0. The molecule has 4 rings (SSSR count). The first-order valence-electron chi connectivity index (χ1n) is 9.00. The number of epoxide rings is 1. The number of carbonyl (C=O) groups is 3. The van der Waals surface area contributed by atoms with Gasteiger partial charge in [0, 0.05) is 24.0 Å². The van der Waals surface area contributed by atoms with Crippen LogP contribution in [0.3, 0.4) is 0 Å². The number of allylic oxidation sites excluding steroid dienone is 1. The molecule has 0 saturated carbocycles. The molecule has 4 aliphatic heterocycles. The van der Waals surface area contributed by atoms with E-state index in [4.69, 9.17) is 18.9 Å². The normalized spacial score (nSPS) is 42.9. The average Bonchev–Trinajstić information content (AvgIpc) is 3.28. The van der Waals surface area contributed by atoms with Crippen molar-refractivity contribution in [2.75, 3.05) is 13.2 Å². The number of hydrogen-bond acceptors (Lipinski definition) is 8. The molecule has 1 N–H and O–H groups in total. The lowest BCUT2D eigenvalue weighted by Crippen LogP contribution is -2.45. The predicted molar refractivity (Wildman–Crippen MR) is 89.1 cm³/mol. The molecule has 4 heterocycles. The third-order valence-electron chi connectivity index (χ3n) is 5.90. The van der Waals surface area contributed by atoms with Gasteiger partial charge in [-0.3, -0.25) is 4.79 Å². The monoisotopic (exact) mass is 378 g/mol. The molecule has 4 aliphatic rings. The minimum absolute atomic E-state index is 0.0443. The molecule has 0 amide bonds. The SMILES string of the molecule is C=C1C(=O)OC2CC(C)C3=CC(=O)C(C)(CC(OC(=O)C4(CO)CO4)C12)O3. The highest BCUT2D eigenvalue weighted by Crippen LogP contribution is 2.45. The van der Waals surface area contributed by atoms with E-state index in [2.05, 4.69) is 6.58 Å². The summed E-state index contributed by atoms with van der Waals surface area (Å²) in [5, 5.41) is 9.41. The number of ether oxygens (including phenoxy) is 4. The second-order valence-corrected chi connectivity index (χ2v) is 7.96. The Balaban J connectivity index is 1.69. The highest BCUT2D eigenvalue weighted by Gasteiger charge is 2.58. The van der Waals surface area contributed by atoms with Crippen LogP contribution in [0.15, 0.2) is 24.0 Å². The van der Waals surface area contributed by atoms with Gasteiger partial charge < -0.3 is 24.1 Å². The molecule has 6 atom stereocenters. The summed E-state index contributed by atoms with van der Waals surface area (Å²) in [6.45, 7) is 6.92. The van der Waals surface area contributed by atoms with Crippen LogP contribution in [-0.4, -0.2) is 59.5 Å². The Morgan fingerprint density at radius 2 is 2.15 bits per heavy atom. The van der Waals surface area contributed by atoms with Crippen molar-refractivity contribution in [1.29, 1.82) is 0 Å². The number of aliphatic hydroxyl groups is 1. The van der Waals surface area contributed by atoms with Crippen LogP contribution >= 0.6 is 0 Å². The molecule has 0 radical (unpaired) electrons. The van der Waals surface area contributed by atoms with Gasteiger partial charge >= 0.3 is 11.9 Å². The van der Waals surface area contributed by atoms with Gasteiger partial charge in [0.25, 0.3) is 0 Å². The van der Waals surface area contributed by atoms with Gasteiger partial charge in [-0.15, -0.1) is 0 Å². The van der Waals surface area contributed by atoms with Crippen LogP contribution in [0.1, 0.15) is 26.7 Å². The number of fused-ring (bicyclic) bond motifs is 3. The van der Waals surface area contributed by atoms with Gasteiger partial charge in [-0.1, -0.05) is 13.5 Å². The molecule has 0 spiro atoms. The fourth-order valence-corrected chi connectivity index (χ4v) is 4.01. The molecule has 0 aromatic rings. The maximum atomic E-state index is 12.5. The standard InChI is InChI=1S/C19H22O8/c1-9-4-12-15(10(2)16(22)25-12)13(26-17(23)19(7-20)8-24-19)6-18(3)14(21)5-11(9)27-18/h5,9,12-13,15,20H,2,4,6-8H2,1,3H3. The Hall–Kier alpha value is -2.19. The summed E-state index contributed by atoms with van der Waals surface area (Å²) in [6, 6.07) is 0. The molecular weight excluding hydrogens is 356 g/mol. The van der Waals surface area contributed by atoms with Gasteiger partial charge in [-0.2, -0.15) is 0 Å². The zero-order chi connectivity index (χ0) is 19.6. The van der Waals surface area contributed by atoms with Crippen LogP contribution in [0.25, 0.3) is 0 Å². The lowest BCUT2D eigenvalue weighted by atomic mass is 9.80. The van der Waals surface area contributed by atoms with Crippen molar-refractivity contribution in [1.82, 2.24) is 0 Å². The van der Waals surface area contributed by atoms with Crippen LogP contribution < -0.4 is 0 Å². The van der Waals surface area contributed by atoms with E-state index in [9.17, 15) is 19.5 Å². The van der Waals surface area contributed by atoms with Crippen LogP contribution in [0.4, 0.5) is 0 Å². The van der Waals surface area contributed by atoms with Crippen molar-refractivity contribution in [3.8, 4) is 0 Å². The third-order valence-corrected chi connectivity index (χ3v) is 5.90. The van der Waals surface area contributed by atoms with E-state index in [1.807, 2.05) is 6.92 Å². The van der Waals surface area contributed by atoms with Gasteiger partial charge in [0.05, 0.1) is 19.1 Å². The Kier molecular flexibility index (Phi) is 3.98. The smallest absolute Gasteiger partial charge is 0.343 e. The second-order valence-electron chi connectivity index (χ2n) is 7.96. The molecule has 8 nitrogen and oxygen atoms in total. The summed E-state index contributed by atoms with van der Waals surface area (Å²) in [7, 11) is 0. The van der Waals surface area contributed by atoms with Crippen molar-refractivity contribution in [2.45, 2.75) is 50.1 Å². The summed E-state index contributed by atoms with van der Waals surface area (Å²) < 4.78 is 22.1. The summed E-state index contributed by atoms with van der Waals surface area (Å²) in [4.78, 5) is 37.2. The molecule has 0 aliphatic carbocycles. The topological polar surface area (TPSA) is 112 Å². The average molecular weight is 378 g/mol. The molecule has 27 heavy (non-hydrogen) atoms. The lowest BCUT2D eigenvalue weighted by molar-refractivity contribution is -0.165. The molecular formula is C19H22O8. The van der Waals surface area contributed by atoms with E-state index in [0.29, 0.717) is 12.2 Å². The van der Waals surface area contributed by atoms with Crippen LogP contribution in [-0.2, 0) is 33.3 Å². The lowest BCUT2D eigenvalue weighted by Gasteiger charge is -2.32. The van der Waals surface area contributed by atoms with E-state index in [0.717, 1.165) is 0 Å². The highest BCUT2D eigenvalue weighted by molar-refractivity contribution is 5.99. The number of rotatable bonds is 3. The maximum absolute atomic E-state index is 12.5. The van der Waals surface area contributed by atoms with Crippen molar-refractivity contribution in [2.24, 2.45) is 11.8 Å². The van der Waals surface area contributed by atoms with Crippen molar-refractivity contribution >= 4 is 17.7 Å². The largest absolute Gasteiger partial charge is 0.483 e. The highest BCUT2D eigenvalue weighted by atomic mass is 16.7. The zero-order valence-electron chi connectivity index (χ0n) is 15.2. The molecule has 0 aromatic heterocycles. The fourth-order valence-electron chi connectivity index (χ4n) is 4.01. The first-order valence-corrected chi connectivity index (χ1v) is 9.00. The van der Waals surface area contributed by atoms with E-state index < -0.39 is 47.9 Å². The second kappa shape index (κ2) is 5.90. The minimum atomic E-state index is -1.36. The molecule has 3 saturated heterocycles. The van der Waals surface area contributed by atoms with Crippen LogP contribution in [0, 0.1) is 11.8 Å². The van der Waals surface area contributed by atoms with Crippen molar-refractivity contribution < 1.29 is 38.4 Å². The molecule has 6 unspecified atom stereocenters. The third kappa shape index (κ3) is 2.78. The number of esters is 2. The van der Waals surface area contributed by atoms with Gasteiger partial charge in [-0.25, -0.2) is 9.59 Å². The van der Waals surface area contributed by atoms with Gasteiger partial charge in [0.2, 0.25) is 11.4 Å². The van der Waals surface area contributed by atoms with Gasteiger partial charge in [0.1, 0.15) is 18.0 Å². The Labute approximate surface area is 156 Å². The van der Waals surface area contributed by atoms with Crippen molar-refractivity contribution in [3.63, 3.8) is 0 Å². The summed E-state index contributed by atoms with van der Waals surface area (Å²) in [5.41, 5.74) is -2.36. The fraction of sp³-hybridized carbons (Fsp3) is 0.632. The first kappa shape index (κ1) is 18.2. The predicted octanol–water partition coefficient (Wildman–Crippen LogP) is 0.429. The number of carbonyl (C=O) groups excluding carboxylic acids is 3. The zero-order valence-corrected chi connectivity index (χ0v) is 15.2. The number of hydrogen-bond donors (Lipinski definition) is 1. The summed E-state index contributed by atoms with van der Waals surface area (Å²) in [6.07, 6.45) is 0.518. The van der Waals surface area contributed by atoms with E-state index in [1.165, 1.54) is 6.08 Å². The van der Waals surface area contributed by atoms with Crippen LogP contribution in [0.2, 0.25) is 0 Å². The Bertz CT molecular complexity index is 764. The quantitative estimate of drug-likeness (QED) is 0.427. The van der Waals surface area contributed by atoms with Gasteiger partial charge in [-0.05, 0) is 13.3 Å². The summed E-state index contributed by atoms with van der Waals surface area (Å²) in [5.74, 6) is -1.66. The van der Waals surface area contributed by atoms with E-state index in [-0.39, 0.29) is 30.3 Å². The van der Waals surface area contributed by atoms with E-state index in [1.54, 1.807) is 6.92 Å². The van der Waals surface area contributed by atoms with Crippen LogP contribution in [0.5, 0.6) is 0 Å². The molecule has 0 aromatic carbocycles. The molecule has 2 bridgehead atoms. The first-order chi connectivity index (χ1) is 12.7. The number of aliphatic hydroxyl groups excluding tert-OH is 1. The minimum Gasteiger partial charge on any atom is -0.483 e. The molecule has 146 valence electrons. The molecule has 8 heteroatoms.